The molecule has 0 bridgehead atoms. The Bertz CT molecular complexity index is 517. The van der Waals surface area contributed by atoms with E-state index in [1.165, 1.54) is 6.33 Å². The smallest absolute Gasteiger partial charge is 0.140 e. The maximum atomic E-state index is 5.99. The quantitative estimate of drug-likeness (QED) is 0.771. The van der Waals surface area contributed by atoms with Gasteiger partial charge in [0, 0.05) is 22.3 Å². The van der Waals surface area contributed by atoms with Crippen LogP contribution in [0.4, 0.5) is 0 Å². The Balaban J connectivity index is 2.63. The average molecular weight is 255 g/mol. The van der Waals surface area contributed by atoms with E-state index in [0.717, 1.165) is 5.56 Å². The van der Waals surface area contributed by atoms with Crippen LogP contribution in [0, 0.1) is 0 Å². The van der Waals surface area contributed by atoms with Crippen molar-refractivity contribution in [2.24, 2.45) is 0 Å². The summed E-state index contributed by atoms with van der Waals surface area (Å²) >= 11 is 11.9. The van der Waals surface area contributed by atoms with Crippen LogP contribution in [0.25, 0.3) is 11.1 Å². The fourth-order valence-corrected chi connectivity index (χ4v) is 1.75. The highest BCUT2D eigenvalue weighted by Crippen LogP contribution is 2.34. The Morgan fingerprint density at radius 1 is 1.19 bits per heavy atom. The number of benzene rings is 1. The van der Waals surface area contributed by atoms with Gasteiger partial charge >= 0.3 is 0 Å². The largest absolute Gasteiger partial charge is 0.496 e. The lowest BCUT2D eigenvalue weighted by Crippen LogP contribution is -1.90. The minimum absolute atomic E-state index is 0.371. The summed E-state index contributed by atoms with van der Waals surface area (Å²) in [6.45, 7) is 0. The van der Waals surface area contributed by atoms with Crippen LogP contribution in [-0.2, 0) is 0 Å². The second-order valence-corrected chi connectivity index (χ2v) is 3.87. The molecule has 0 saturated heterocycles. The predicted octanol–water partition coefficient (Wildman–Crippen LogP) is 3.46. The van der Waals surface area contributed by atoms with Gasteiger partial charge in [-0.15, -0.1) is 0 Å². The molecule has 2 aromatic rings. The lowest BCUT2D eigenvalue weighted by molar-refractivity contribution is 0.416. The number of hydrogen-bond acceptors (Lipinski definition) is 3. The van der Waals surface area contributed by atoms with Crippen LogP contribution in [0.15, 0.2) is 30.7 Å². The van der Waals surface area contributed by atoms with Crippen LogP contribution in [0.2, 0.25) is 10.2 Å². The summed E-state index contributed by atoms with van der Waals surface area (Å²) in [4.78, 5) is 7.85. The molecule has 2 rings (SSSR count). The number of ether oxygens (including phenoxy) is 1. The number of nitrogens with zero attached hydrogens (tertiary/aromatic N) is 2. The number of methoxy groups -OCH3 is 1. The van der Waals surface area contributed by atoms with Gasteiger partial charge in [-0.1, -0.05) is 23.2 Å². The van der Waals surface area contributed by atoms with Gasteiger partial charge in [-0.3, -0.25) is 0 Å². The summed E-state index contributed by atoms with van der Waals surface area (Å²) in [5.74, 6) is 0.682. The first-order chi connectivity index (χ1) is 7.72. The summed E-state index contributed by atoms with van der Waals surface area (Å²) < 4.78 is 5.24. The maximum absolute atomic E-state index is 5.99. The van der Waals surface area contributed by atoms with E-state index in [9.17, 15) is 0 Å². The molecule has 1 aromatic carbocycles. The molecule has 0 N–H and O–H groups in total. The third-order valence-corrected chi connectivity index (χ3v) is 2.65. The zero-order valence-electron chi connectivity index (χ0n) is 8.45. The Hall–Kier alpha value is -1.32. The number of halogens is 2. The van der Waals surface area contributed by atoms with E-state index in [2.05, 4.69) is 9.97 Å². The van der Waals surface area contributed by atoms with Gasteiger partial charge in [0.1, 0.15) is 17.2 Å². The van der Waals surface area contributed by atoms with Crippen LogP contribution in [0.3, 0.4) is 0 Å². The highest BCUT2D eigenvalue weighted by molar-refractivity contribution is 6.33. The van der Waals surface area contributed by atoms with Crippen molar-refractivity contribution >= 4 is 23.2 Å². The topological polar surface area (TPSA) is 35.0 Å². The zero-order valence-corrected chi connectivity index (χ0v) is 9.96. The third kappa shape index (κ3) is 2.10. The van der Waals surface area contributed by atoms with Gasteiger partial charge in [0.25, 0.3) is 0 Å². The van der Waals surface area contributed by atoms with E-state index >= 15 is 0 Å². The zero-order chi connectivity index (χ0) is 11.5. The fourth-order valence-electron chi connectivity index (χ4n) is 1.39. The maximum Gasteiger partial charge on any atom is 0.140 e. The van der Waals surface area contributed by atoms with E-state index < -0.39 is 0 Å². The normalized spacial score (nSPS) is 10.2. The molecule has 82 valence electrons. The minimum Gasteiger partial charge on any atom is -0.496 e. The van der Waals surface area contributed by atoms with Crippen molar-refractivity contribution in [1.82, 2.24) is 9.97 Å². The average Bonchev–Trinajstić information content (AvgIpc) is 2.29. The van der Waals surface area contributed by atoms with Gasteiger partial charge in [-0.05, 0) is 18.2 Å². The van der Waals surface area contributed by atoms with E-state index in [-0.39, 0.29) is 0 Å². The van der Waals surface area contributed by atoms with Gasteiger partial charge in [0.05, 0.1) is 7.11 Å². The molecule has 0 fully saturated rings. The molecule has 0 amide bonds. The molecule has 0 spiro atoms. The molecule has 1 aromatic heterocycles. The Labute approximate surface area is 103 Å². The summed E-state index contributed by atoms with van der Waals surface area (Å²) in [7, 11) is 1.59. The first-order valence-electron chi connectivity index (χ1n) is 4.52. The molecule has 0 unspecified atom stereocenters. The van der Waals surface area contributed by atoms with Crippen LogP contribution < -0.4 is 4.74 Å². The monoisotopic (exact) mass is 254 g/mol. The van der Waals surface area contributed by atoms with Crippen molar-refractivity contribution in [2.45, 2.75) is 0 Å². The Kier molecular flexibility index (Phi) is 3.27. The minimum atomic E-state index is 0.371. The van der Waals surface area contributed by atoms with Gasteiger partial charge < -0.3 is 4.74 Å². The van der Waals surface area contributed by atoms with E-state index in [1.807, 2.05) is 0 Å². The van der Waals surface area contributed by atoms with E-state index in [0.29, 0.717) is 21.5 Å². The molecular weight excluding hydrogens is 247 g/mol. The first kappa shape index (κ1) is 11.2. The second-order valence-electron chi connectivity index (χ2n) is 3.07. The highest BCUT2D eigenvalue weighted by atomic mass is 35.5. The molecule has 0 atom stereocenters. The fraction of sp³-hybridized carbons (Fsp3) is 0.0909. The molecule has 3 nitrogen and oxygen atoms in total. The number of hydrogen-bond donors (Lipinski definition) is 0. The van der Waals surface area contributed by atoms with Gasteiger partial charge in [-0.2, -0.15) is 0 Å². The van der Waals surface area contributed by atoms with Crippen LogP contribution in [-0.4, -0.2) is 17.1 Å². The van der Waals surface area contributed by atoms with Crippen molar-refractivity contribution in [1.29, 1.82) is 0 Å². The standard InChI is InChI=1S/C11H8Cl2N2O/c1-16-10-3-2-7(12)4-8(10)9-5-14-6-15-11(9)13/h2-6H,1H3. The van der Waals surface area contributed by atoms with Crippen molar-refractivity contribution in [2.75, 3.05) is 7.11 Å². The number of rotatable bonds is 2. The van der Waals surface area contributed by atoms with Gasteiger partial charge in [-0.25, -0.2) is 9.97 Å². The molecule has 0 radical (unpaired) electrons. The Morgan fingerprint density at radius 3 is 2.69 bits per heavy atom. The SMILES string of the molecule is COc1ccc(Cl)cc1-c1cncnc1Cl. The molecule has 0 saturated carbocycles. The Morgan fingerprint density at radius 2 is 2.00 bits per heavy atom. The molecule has 0 aliphatic carbocycles. The summed E-state index contributed by atoms with van der Waals surface area (Å²) in [6.07, 6.45) is 3.02. The lowest BCUT2D eigenvalue weighted by atomic mass is 10.1. The molecule has 0 aliphatic rings. The first-order valence-corrected chi connectivity index (χ1v) is 5.27. The van der Waals surface area contributed by atoms with Crippen molar-refractivity contribution in [3.05, 3.63) is 40.9 Å². The van der Waals surface area contributed by atoms with Crippen LogP contribution in [0.1, 0.15) is 0 Å². The second kappa shape index (κ2) is 4.68. The van der Waals surface area contributed by atoms with E-state index in [4.69, 9.17) is 27.9 Å². The molecule has 0 aliphatic heterocycles. The van der Waals surface area contributed by atoms with Crippen molar-refractivity contribution in [3.8, 4) is 16.9 Å². The summed E-state index contributed by atoms with van der Waals surface area (Å²) in [6, 6.07) is 5.30. The molecule has 5 heteroatoms. The predicted molar refractivity (Wildman–Crippen MR) is 64.0 cm³/mol. The van der Waals surface area contributed by atoms with Gasteiger partial charge in [0.15, 0.2) is 0 Å². The van der Waals surface area contributed by atoms with Crippen molar-refractivity contribution in [3.63, 3.8) is 0 Å². The molecule has 16 heavy (non-hydrogen) atoms. The number of aromatic nitrogens is 2. The van der Waals surface area contributed by atoms with E-state index in [1.54, 1.807) is 31.5 Å². The lowest BCUT2D eigenvalue weighted by Gasteiger charge is -2.09. The third-order valence-electron chi connectivity index (χ3n) is 2.12. The van der Waals surface area contributed by atoms with Crippen molar-refractivity contribution < 1.29 is 4.74 Å². The molecular formula is C11H8Cl2N2O. The van der Waals surface area contributed by atoms with Gasteiger partial charge in [0.2, 0.25) is 0 Å². The summed E-state index contributed by atoms with van der Waals surface area (Å²) in [5, 5.41) is 0.978. The van der Waals surface area contributed by atoms with Crippen LogP contribution >= 0.6 is 23.2 Å². The summed E-state index contributed by atoms with van der Waals surface area (Å²) in [5.41, 5.74) is 1.48. The van der Waals surface area contributed by atoms with Crippen LogP contribution in [0.5, 0.6) is 5.75 Å². The highest BCUT2D eigenvalue weighted by Gasteiger charge is 2.10. The molecule has 1 heterocycles.